The van der Waals surface area contributed by atoms with Crippen LogP contribution < -0.4 is 19.1 Å². The third-order valence-electron chi connectivity index (χ3n) is 5.74. The van der Waals surface area contributed by atoms with E-state index in [0.717, 1.165) is 55.1 Å². The highest BCUT2D eigenvalue weighted by atomic mass is 19.1. The highest BCUT2D eigenvalue weighted by molar-refractivity contribution is 5.92. The number of rotatable bonds is 6. The Morgan fingerprint density at radius 2 is 1.61 bits per heavy atom. The van der Waals surface area contributed by atoms with Crippen LogP contribution in [0.15, 0.2) is 36.4 Å². The maximum absolute atomic E-state index is 14.3. The van der Waals surface area contributed by atoms with Crippen molar-refractivity contribution in [1.29, 1.82) is 0 Å². The summed E-state index contributed by atoms with van der Waals surface area (Å²) in [5.74, 6) is 1.65. The Kier molecular flexibility index (Phi) is 6.13. The average molecular weight is 426 g/mol. The molecular weight excluding hydrogens is 397 g/mol. The van der Waals surface area contributed by atoms with Crippen LogP contribution in [-0.2, 0) is 6.54 Å². The molecule has 0 atom stereocenters. The summed E-state index contributed by atoms with van der Waals surface area (Å²) in [6.45, 7) is 6.22. The van der Waals surface area contributed by atoms with E-state index in [-0.39, 0.29) is 5.82 Å². The Balaban J connectivity index is 1.50. The van der Waals surface area contributed by atoms with Gasteiger partial charge in [-0.2, -0.15) is 0 Å². The van der Waals surface area contributed by atoms with E-state index < -0.39 is 0 Å². The van der Waals surface area contributed by atoms with Crippen molar-refractivity contribution < 1.29 is 18.6 Å². The standard InChI is InChI=1S/C24H28FN3O3/c1-16-12-20(18-6-5-7-19(25)23(18)26-16)28-10-8-27(9-11-28)15-17-13-21(29-2)24(31-4)22(14-17)30-3/h5-7,12-14H,8-11,15H2,1-4H3. The van der Waals surface area contributed by atoms with Crippen molar-refractivity contribution in [2.24, 2.45) is 0 Å². The number of benzene rings is 2. The molecule has 3 aromatic rings. The molecule has 0 bridgehead atoms. The molecule has 0 radical (unpaired) electrons. The van der Waals surface area contributed by atoms with Crippen LogP contribution >= 0.6 is 0 Å². The zero-order valence-corrected chi connectivity index (χ0v) is 18.4. The van der Waals surface area contributed by atoms with E-state index in [2.05, 4.69) is 20.9 Å². The van der Waals surface area contributed by atoms with Gasteiger partial charge in [0.25, 0.3) is 0 Å². The fourth-order valence-electron chi connectivity index (χ4n) is 4.21. The second-order valence-electron chi connectivity index (χ2n) is 7.72. The zero-order valence-electron chi connectivity index (χ0n) is 18.4. The number of para-hydroxylation sites is 1. The fourth-order valence-corrected chi connectivity index (χ4v) is 4.21. The molecule has 1 fully saturated rings. The molecule has 1 aliphatic rings. The van der Waals surface area contributed by atoms with Gasteiger partial charge in [-0.3, -0.25) is 4.90 Å². The largest absolute Gasteiger partial charge is 0.493 e. The number of hydrogen-bond donors (Lipinski definition) is 0. The Morgan fingerprint density at radius 3 is 2.23 bits per heavy atom. The fraction of sp³-hybridized carbons (Fsp3) is 0.375. The Morgan fingerprint density at radius 1 is 0.935 bits per heavy atom. The number of ether oxygens (including phenoxy) is 3. The average Bonchev–Trinajstić information content (AvgIpc) is 2.79. The van der Waals surface area contributed by atoms with E-state index in [1.54, 1.807) is 27.4 Å². The summed E-state index contributed by atoms with van der Waals surface area (Å²) in [6, 6.07) is 11.2. The van der Waals surface area contributed by atoms with Crippen molar-refractivity contribution in [3.63, 3.8) is 0 Å². The molecule has 0 spiro atoms. The SMILES string of the molecule is COc1cc(CN2CCN(c3cc(C)nc4c(F)cccc34)CC2)cc(OC)c1OC. The topological polar surface area (TPSA) is 47.1 Å². The Hall–Kier alpha value is -3.06. The van der Waals surface area contributed by atoms with Gasteiger partial charge in [0.15, 0.2) is 11.5 Å². The number of aromatic nitrogens is 1. The van der Waals surface area contributed by atoms with Gasteiger partial charge in [-0.05, 0) is 36.8 Å². The van der Waals surface area contributed by atoms with Gasteiger partial charge in [-0.15, -0.1) is 0 Å². The molecule has 2 heterocycles. The summed E-state index contributed by atoms with van der Waals surface area (Å²) >= 11 is 0. The van der Waals surface area contributed by atoms with E-state index >= 15 is 0 Å². The quantitative estimate of drug-likeness (QED) is 0.594. The molecule has 164 valence electrons. The Bertz CT molecular complexity index is 1060. The highest BCUT2D eigenvalue weighted by Gasteiger charge is 2.21. The minimum absolute atomic E-state index is 0.275. The molecule has 6 nitrogen and oxygen atoms in total. The van der Waals surface area contributed by atoms with Gasteiger partial charge in [-0.1, -0.05) is 12.1 Å². The smallest absolute Gasteiger partial charge is 0.203 e. The van der Waals surface area contributed by atoms with Crippen LogP contribution in [0.5, 0.6) is 17.2 Å². The monoisotopic (exact) mass is 425 g/mol. The maximum atomic E-state index is 14.3. The Labute approximate surface area is 182 Å². The van der Waals surface area contributed by atoms with Crippen molar-refractivity contribution in [3.05, 3.63) is 53.5 Å². The van der Waals surface area contributed by atoms with E-state index in [9.17, 15) is 4.39 Å². The molecule has 0 saturated carbocycles. The number of pyridine rings is 1. The van der Waals surface area contributed by atoms with Crippen LogP contribution in [-0.4, -0.2) is 57.4 Å². The molecule has 0 N–H and O–H groups in total. The minimum atomic E-state index is -0.275. The molecule has 4 rings (SSSR count). The zero-order chi connectivity index (χ0) is 22.0. The van der Waals surface area contributed by atoms with Crippen LogP contribution in [0.25, 0.3) is 10.9 Å². The number of methoxy groups -OCH3 is 3. The summed E-state index contributed by atoms with van der Waals surface area (Å²) in [5.41, 5.74) is 3.43. The van der Waals surface area contributed by atoms with Crippen molar-refractivity contribution in [1.82, 2.24) is 9.88 Å². The summed E-state index contributed by atoms with van der Waals surface area (Å²) < 4.78 is 30.6. The first-order valence-electron chi connectivity index (χ1n) is 10.4. The van der Waals surface area contributed by atoms with E-state index in [1.807, 2.05) is 25.1 Å². The molecule has 31 heavy (non-hydrogen) atoms. The normalized spacial score (nSPS) is 14.7. The van der Waals surface area contributed by atoms with E-state index in [1.165, 1.54) is 6.07 Å². The van der Waals surface area contributed by atoms with Gasteiger partial charge < -0.3 is 19.1 Å². The molecule has 0 unspecified atom stereocenters. The predicted molar refractivity (Wildman–Crippen MR) is 120 cm³/mol. The van der Waals surface area contributed by atoms with Crippen molar-refractivity contribution >= 4 is 16.6 Å². The van der Waals surface area contributed by atoms with Gasteiger partial charge in [0.05, 0.1) is 21.3 Å². The van der Waals surface area contributed by atoms with E-state index in [0.29, 0.717) is 22.8 Å². The molecule has 1 saturated heterocycles. The minimum Gasteiger partial charge on any atom is -0.493 e. The maximum Gasteiger partial charge on any atom is 0.203 e. The summed E-state index contributed by atoms with van der Waals surface area (Å²) in [7, 11) is 4.86. The van der Waals surface area contributed by atoms with Gasteiger partial charge >= 0.3 is 0 Å². The lowest BCUT2D eigenvalue weighted by atomic mass is 10.1. The van der Waals surface area contributed by atoms with Crippen LogP contribution in [0.2, 0.25) is 0 Å². The number of piperazine rings is 1. The van der Waals surface area contributed by atoms with Crippen LogP contribution in [0, 0.1) is 12.7 Å². The molecule has 1 aliphatic heterocycles. The first-order valence-corrected chi connectivity index (χ1v) is 10.4. The van der Waals surface area contributed by atoms with E-state index in [4.69, 9.17) is 14.2 Å². The van der Waals surface area contributed by atoms with Crippen molar-refractivity contribution in [2.75, 3.05) is 52.4 Å². The van der Waals surface area contributed by atoms with Gasteiger partial charge in [-0.25, -0.2) is 9.37 Å². The number of aryl methyl sites for hydroxylation is 1. The molecule has 7 heteroatoms. The number of anilines is 1. The first kappa shape index (κ1) is 21.2. The lowest BCUT2D eigenvalue weighted by molar-refractivity contribution is 0.248. The predicted octanol–water partition coefficient (Wildman–Crippen LogP) is 4.03. The number of hydrogen-bond acceptors (Lipinski definition) is 6. The highest BCUT2D eigenvalue weighted by Crippen LogP contribution is 2.38. The number of fused-ring (bicyclic) bond motifs is 1. The van der Waals surface area contributed by atoms with Gasteiger partial charge in [0, 0.05) is 49.5 Å². The lowest BCUT2D eigenvalue weighted by Gasteiger charge is -2.36. The van der Waals surface area contributed by atoms with Crippen LogP contribution in [0.4, 0.5) is 10.1 Å². The summed E-state index contributed by atoms with van der Waals surface area (Å²) in [4.78, 5) is 9.12. The van der Waals surface area contributed by atoms with Crippen LogP contribution in [0.1, 0.15) is 11.3 Å². The number of nitrogens with zero attached hydrogens (tertiary/aromatic N) is 3. The molecule has 1 aromatic heterocycles. The third-order valence-corrected chi connectivity index (χ3v) is 5.74. The third kappa shape index (κ3) is 4.23. The van der Waals surface area contributed by atoms with Crippen molar-refractivity contribution in [2.45, 2.75) is 13.5 Å². The van der Waals surface area contributed by atoms with Crippen LogP contribution in [0.3, 0.4) is 0 Å². The molecule has 0 aliphatic carbocycles. The molecule has 0 amide bonds. The van der Waals surface area contributed by atoms with Gasteiger partial charge in [0.1, 0.15) is 11.3 Å². The number of halogens is 1. The first-order chi connectivity index (χ1) is 15.0. The second kappa shape index (κ2) is 8.98. The summed E-state index contributed by atoms with van der Waals surface area (Å²) in [5, 5.41) is 0.865. The lowest BCUT2D eigenvalue weighted by Crippen LogP contribution is -2.46. The van der Waals surface area contributed by atoms with Crippen molar-refractivity contribution in [3.8, 4) is 17.2 Å². The van der Waals surface area contributed by atoms with Gasteiger partial charge in [0.2, 0.25) is 5.75 Å². The molecule has 2 aromatic carbocycles. The summed E-state index contributed by atoms with van der Waals surface area (Å²) in [6.07, 6.45) is 0. The molecular formula is C24H28FN3O3. The second-order valence-corrected chi connectivity index (χ2v) is 7.72.